The molecular formula is C22H18FN3O4. The van der Waals surface area contributed by atoms with Crippen LogP contribution in [0.5, 0.6) is 0 Å². The molecule has 0 bridgehead atoms. The Kier molecular flexibility index (Phi) is 4.69. The lowest BCUT2D eigenvalue weighted by Gasteiger charge is -2.18. The fourth-order valence-electron chi connectivity index (χ4n) is 3.53. The van der Waals surface area contributed by atoms with Gasteiger partial charge in [0.25, 0.3) is 17.4 Å². The van der Waals surface area contributed by atoms with Crippen LogP contribution in [-0.4, -0.2) is 25.8 Å². The number of carbonyl (C=O) groups is 2. The van der Waals surface area contributed by atoms with E-state index in [4.69, 9.17) is 0 Å². The van der Waals surface area contributed by atoms with Crippen LogP contribution in [0.1, 0.15) is 46.2 Å². The molecule has 0 atom stereocenters. The molecular weight excluding hydrogens is 389 g/mol. The predicted octanol–water partition coefficient (Wildman–Crippen LogP) is 2.52. The van der Waals surface area contributed by atoms with Crippen LogP contribution in [-0.2, 0) is 6.54 Å². The number of amides is 2. The third-order valence-corrected chi connectivity index (χ3v) is 5.02. The van der Waals surface area contributed by atoms with Crippen molar-refractivity contribution in [2.75, 3.05) is 0 Å². The van der Waals surface area contributed by atoms with Crippen molar-refractivity contribution < 1.29 is 14.0 Å². The Labute approximate surface area is 170 Å². The third-order valence-electron chi connectivity index (χ3n) is 5.02. The lowest BCUT2D eigenvalue weighted by Crippen LogP contribution is -2.43. The van der Waals surface area contributed by atoms with Gasteiger partial charge in [-0.05, 0) is 50.2 Å². The second-order valence-electron chi connectivity index (χ2n) is 7.29. The zero-order valence-electron chi connectivity index (χ0n) is 16.3. The predicted molar refractivity (Wildman–Crippen MR) is 107 cm³/mol. The molecule has 30 heavy (non-hydrogen) atoms. The van der Waals surface area contributed by atoms with Crippen LogP contribution in [0.3, 0.4) is 0 Å². The van der Waals surface area contributed by atoms with Gasteiger partial charge in [0.15, 0.2) is 0 Å². The first-order valence-electron chi connectivity index (χ1n) is 9.38. The third kappa shape index (κ3) is 3.06. The molecule has 152 valence electrons. The highest BCUT2D eigenvalue weighted by atomic mass is 19.1. The Morgan fingerprint density at radius 2 is 1.43 bits per heavy atom. The molecule has 0 saturated carbocycles. The molecule has 3 aromatic rings. The van der Waals surface area contributed by atoms with E-state index in [2.05, 4.69) is 0 Å². The number of halogens is 1. The molecule has 1 aliphatic rings. The Morgan fingerprint density at radius 3 is 1.97 bits per heavy atom. The molecule has 0 radical (unpaired) electrons. The molecule has 7 nitrogen and oxygen atoms in total. The van der Waals surface area contributed by atoms with Gasteiger partial charge < -0.3 is 0 Å². The number of fused-ring (bicyclic) bond motifs is 1. The minimum absolute atomic E-state index is 0.0992. The van der Waals surface area contributed by atoms with Gasteiger partial charge in [-0.3, -0.25) is 28.4 Å². The van der Waals surface area contributed by atoms with Gasteiger partial charge in [-0.1, -0.05) is 12.1 Å². The topological polar surface area (TPSA) is 81.4 Å². The lowest BCUT2D eigenvalue weighted by atomic mass is 10.1. The van der Waals surface area contributed by atoms with E-state index in [1.165, 1.54) is 35.0 Å². The van der Waals surface area contributed by atoms with Crippen molar-refractivity contribution in [1.29, 1.82) is 0 Å². The van der Waals surface area contributed by atoms with E-state index in [0.29, 0.717) is 5.69 Å². The summed E-state index contributed by atoms with van der Waals surface area (Å²) < 4.78 is 15.6. The van der Waals surface area contributed by atoms with Gasteiger partial charge in [0, 0.05) is 12.2 Å². The van der Waals surface area contributed by atoms with Crippen LogP contribution < -0.4 is 11.2 Å². The minimum atomic E-state index is -0.590. The summed E-state index contributed by atoms with van der Waals surface area (Å²) in [7, 11) is 0. The van der Waals surface area contributed by atoms with Crippen molar-refractivity contribution in [1.82, 2.24) is 14.0 Å². The van der Waals surface area contributed by atoms with Crippen molar-refractivity contribution in [3.8, 4) is 5.69 Å². The monoisotopic (exact) mass is 407 g/mol. The average molecular weight is 407 g/mol. The molecule has 0 fully saturated rings. The SMILES string of the molecule is CC(C)n1c(=O)c(CN2C(=O)c3ccccc3C2=O)cn(-c2ccc(F)cc2)c1=O. The van der Waals surface area contributed by atoms with E-state index in [-0.39, 0.29) is 23.2 Å². The van der Waals surface area contributed by atoms with Crippen molar-refractivity contribution in [2.24, 2.45) is 0 Å². The lowest BCUT2D eigenvalue weighted by molar-refractivity contribution is 0.0641. The zero-order valence-corrected chi connectivity index (χ0v) is 16.3. The Hall–Kier alpha value is -3.81. The summed E-state index contributed by atoms with van der Waals surface area (Å²) >= 11 is 0. The maximum atomic E-state index is 13.3. The average Bonchev–Trinajstić information content (AvgIpc) is 2.95. The normalized spacial score (nSPS) is 13.3. The molecule has 1 aliphatic heterocycles. The number of hydrogen-bond acceptors (Lipinski definition) is 4. The standard InChI is InChI=1S/C22H18FN3O4/c1-13(2)26-19(27)14(11-24(22(26)30)16-9-7-15(23)8-10-16)12-25-20(28)17-5-3-4-6-18(17)21(25)29/h3-11,13H,12H2,1-2H3. The molecule has 2 aromatic carbocycles. The number of nitrogens with zero attached hydrogens (tertiary/aromatic N) is 3. The van der Waals surface area contributed by atoms with Gasteiger partial charge >= 0.3 is 5.69 Å². The molecule has 4 rings (SSSR count). The second kappa shape index (κ2) is 7.22. The van der Waals surface area contributed by atoms with E-state index >= 15 is 0 Å². The Bertz CT molecular complexity index is 1250. The van der Waals surface area contributed by atoms with Gasteiger partial charge in [0.05, 0.1) is 28.9 Å². The summed E-state index contributed by atoms with van der Waals surface area (Å²) in [6.45, 7) is 3.09. The molecule has 2 amide bonds. The van der Waals surface area contributed by atoms with Crippen LogP contribution in [0.25, 0.3) is 5.69 Å². The van der Waals surface area contributed by atoms with Crippen LogP contribution in [0.4, 0.5) is 4.39 Å². The molecule has 1 aromatic heterocycles. The number of carbonyl (C=O) groups excluding carboxylic acids is 2. The highest BCUT2D eigenvalue weighted by Gasteiger charge is 2.35. The number of imide groups is 1. The molecule has 0 spiro atoms. The summed E-state index contributed by atoms with van der Waals surface area (Å²) in [5, 5.41) is 0. The fourth-order valence-corrected chi connectivity index (χ4v) is 3.53. The number of rotatable bonds is 4. The first-order valence-corrected chi connectivity index (χ1v) is 9.38. The largest absolute Gasteiger partial charge is 0.335 e. The highest BCUT2D eigenvalue weighted by molar-refractivity contribution is 6.21. The van der Waals surface area contributed by atoms with E-state index in [9.17, 15) is 23.6 Å². The van der Waals surface area contributed by atoms with Gasteiger partial charge in [-0.15, -0.1) is 0 Å². The van der Waals surface area contributed by atoms with Gasteiger partial charge in [0.1, 0.15) is 5.82 Å². The number of hydrogen-bond donors (Lipinski definition) is 0. The van der Waals surface area contributed by atoms with Crippen molar-refractivity contribution in [2.45, 2.75) is 26.4 Å². The smallest absolute Gasteiger partial charge is 0.270 e. The van der Waals surface area contributed by atoms with E-state index in [1.54, 1.807) is 38.1 Å². The van der Waals surface area contributed by atoms with Gasteiger partial charge in [-0.25, -0.2) is 9.18 Å². The molecule has 0 N–H and O–H groups in total. The first kappa shape index (κ1) is 19.5. The van der Waals surface area contributed by atoms with Crippen LogP contribution in [0, 0.1) is 5.82 Å². The van der Waals surface area contributed by atoms with Crippen LogP contribution in [0.15, 0.2) is 64.3 Å². The van der Waals surface area contributed by atoms with Crippen LogP contribution >= 0.6 is 0 Å². The Morgan fingerprint density at radius 1 is 0.867 bits per heavy atom. The molecule has 8 heteroatoms. The summed E-state index contributed by atoms with van der Waals surface area (Å²) in [6.07, 6.45) is 1.31. The fraction of sp³-hybridized carbons (Fsp3) is 0.182. The van der Waals surface area contributed by atoms with Gasteiger partial charge in [0.2, 0.25) is 0 Å². The maximum Gasteiger partial charge on any atom is 0.335 e. The number of benzene rings is 2. The highest BCUT2D eigenvalue weighted by Crippen LogP contribution is 2.23. The molecule has 0 aliphatic carbocycles. The van der Waals surface area contributed by atoms with Gasteiger partial charge in [-0.2, -0.15) is 0 Å². The van der Waals surface area contributed by atoms with E-state index in [0.717, 1.165) is 9.47 Å². The quantitative estimate of drug-likeness (QED) is 0.623. The van der Waals surface area contributed by atoms with Crippen molar-refractivity contribution in [3.05, 3.63) is 98.1 Å². The first-order chi connectivity index (χ1) is 14.3. The Balaban J connectivity index is 1.84. The molecule has 0 saturated heterocycles. The van der Waals surface area contributed by atoms with E-state index < -0.39 is 34.9 Å². The van der Waals surface area contributed by atoms with Crippen molar-refractivity contribution in [3.63, 3.8) is 0 Å². The summed E-state index contributed by atoms with van der Waals surface area (Å²) in [5.41, 5.74) is -0.156. The maximum absolute atomic E-state index is 13.3. The van der Waals surface area contributed by atoms with Crippen molar-refractivity contribution >= 4 is 11.8 Å². The van der Waals surface area contributed by atoms with Crippen LogP contribution in [0.2, 0.25) is 0 Å². The summed E-state index contributed by atoms with van der Waals surface area (Å²) in [5.74, 6) is -1.45. The van der Waals surface area contributed by atoms with E-state index in [1.807, 2.05) is 0 Å². The number of aromatic nitrogens is 2. The second-order valence-corrected chi connectivity index (χ2v) is 7.29. The summed E-state index contributed by atoms with van der Waals surface area (Å²) in [4.78, 5) is 52.2. The summed E-state index contributed by atoms with van der Waals surface area (Å²) in [6, 6.07) is 11.2. The molecule has 0 unspecified atom stereocenters. The molecule has 2 heterocycles. The minimum Gasteiger partial charge on any atom is -0.270 e. The zero-order chi connectivity index (χ0) is 21.6.